The van der Waals surface area contributed by atoms with Gasteiger partial charge in [0.15, 0.2) is 9.84 Å². The van der Waals surface area contributed by atoms with E-state index in [0.717, 1.165) is 13.1 Å². The highest BCUT2D eigenvalue weighted by atomic mass is 32.2. The van der Waals surface area contributed by atoms with Gasteiger partial charge >= 0.3 is 0 Å². The van der Waals surface area contributed by atoms with E-state index in [1.54, 1.807) is 18.2 Å². The number of hydrogen-bond acceptors (Lipinski definition) is 5. The molecule has 1 aliphatic rings. The minimum absolute atomic E-state index is 0.0911. The third kappa shape index (κ3) is 3.99. The summed E-state index contributed by atoms with van der Waals surface area (Å²) < 4.78 is 29.9. The lowest BCUT2D eigenvalue weighted by Crippen LogP contribution is -2.39. The van der Waals surface area contributed by atoms with Gasteiger partial charge in [0.25, 0.3) is 0 Å². The summed E-state index contributed by atoms with van der Waals surface area (Å²) >= 11 is 4.87. The van der Waals surface area contributed by atoms with Crippen molar-refractivity contribution >= 4 is 27.0 Å². The molecule has 0 atom stereocenters. The highest BCUT2D eigenvalue weighted by molar-refractivity contribution is 7.91. The van der Waals surface area contributed by atoms with Gasteiger partial charge in [-0.2, -0.15) is 0 Å². The molecule has 5 nitrogen and oxygen atoms in total. The minimum atomic E-state index is -3.31. The second-order valence-electron chi connectivity index (χ2n) is 4.66. The number of ether oxygens (including phenoxy) is 1. The lowest BCUT2D eigenvalue weighted by molar-refractivity contribution is 0.0408. The second kappa shape index (κ2) is 6.62. The predicted molar refractivity (Wildman–Crippen MR) is 81.6 cm³/mol. The maximum absolute atomic E-state index is 12.3. The van der Waals surface area contributed by atoms with E-state index in [1.807, 2.05) is 0 Å². The quantitative estimate of drug-likeness (QED) is 0.795. The van der Waals surface area contributed by atoms with Crippen LogP contribution in [0.25, 0.3) is 0 Å². The van der Waals surface area contributed by atoms with Crippen LogP contribution in [0, 0.1) is 0 Å². The van der Waals surface area contributed by atoms with Crippen molar-refractivity contribution in [3.8, 4) is 0 Å². The summed E-state index contributed by atoms with van der Waals surface area (Å²) in [6.45, 7) is 3.40. The zero-order chi connectivity index (χ0) is 14.6. The second-order valence-corrected chi connectivity index (χ2v) is 7.21. The van der Waals surface area contributed by atoms with Gasteiger partial charge in [-0.05, 0) is 12.1 Å². The zero-order valence-corrected chi connectivity index (χ0v) is 12.8. The summed E-state index contributed by atoms with van der Waals surface area (Å²) in [6, 6.07) is 6.49. The molecule has 0 amide bonds. The van der Waals surface area contributed by atoms with Gasteiger partial charge < -0.3 is 10.5 Å². The van der Waals surface area contributed by atoms with Gasteiger partial charge in [-0.15, -0.1) is 0 Å². The first kappa shape index (κ1) is 15.4. The van der Waals surface area contributed by atoms with Crippen molar-refractivity contribution in [1.82, 2.24) is 4.90 Å². The Hall–Kier alpha value is -1.02. The minimum Gasteiger partial charge on any atom is -0.389 e. The molecule has 2 rings (SSSR count). The number of nitrogens with zero attached hydrogens (tertiary/aromatic N) is 1. The van der Waals surface area contributed by atoms with Gasteiger partial charge in [-0.25, -0.2) is 8.42 Å². The number of hydrogen-bond donors (Lipinski definition) is 1. The Morgan fingerprint density at radius 2 is 2.05 bits per heavy atom. The smallest absolute Gasteiger partial charge is 0.179 e. The van der Waals surface area contributed by atoms with E-state index < -0.39 is 9.84 Å². The van der Waals surface area contributed by atoms with Crippen LogP contribution in [-0.4, -0.2) is 56.9 Å². The molecule has 0 unspecified atom stereocenters. The molecular formula is C13H18N2O3S2. The van der Waals surface area contributed by atoms with Crippen molar-refractivity contribution in [3.05, 3.63) is 29.8 Å². The van der Waals surface area contributed by atoms with E-state index in [4.69, 9.17) is 22.7 Å². The molecule has 1 heterocycles. The van der Waals surface area contributed by atoms with Gasteiger partial charge in [-0.3, -0.25) is 4.90 Å². The average Bonchev–Trinajstić information content (AvgIpc) is 2.46. The van der Waals surface area contributed by atoms with Crippen molar-refractivity contribution in [1.29, 1.82) is 0 Å². The molecule has 1 aromatic carbocycles. The molecule has 110 valence electrons. The van der Waals surface area contributed by atoms with Crippen molar-refractivity contribution < 1.29 is 13.2 Å². The van der Waals surface area contributed by atoms with Crippen LogP contribution < -0.4 is 5.73 Å². The van der Waals surface area contributed by atoms with Crippen molar-refractivity contribution in [2.45, 2.75) is 4.90 Å². The van der Waals surface area contributed by atoms with Crippen LogP contribution in [0.5, 0.6) is 0 Å². The van der Waals surface area contributed by atoms with Crippen LogP contribution in [0.4, 0.5) is 0 Å². The SMILES string of the molecule is NC(=S)c1cccc(S(=O)(=O)CCN2CCOCC2)c1. The van der Waals surface area contributed by atoms with E-state index in [0.29, 0.717) is 25.3 Å². The van der Waals surface area contributed by atoms with E-state index in [-0.39, 0.29) is 15.6 Å². The molecule has 1 aromatic rings. The molecule has 1 aliphatic heterocycles. The summed E-state index contributed by atoms with van der Waals surface area (Å²) in [5.41, 5.74) is 6.11. The third-order valence-corrected chi connectivity index (χ3v) is 5.19. The van der Waals surface area contributed by atoms with E-state index in [9.17, 15) is 8.42 Å². The molecule has 20 heavy (non-hydrogen) atoms. The summed E-state index contributed by atoms with van der Waals surface area (Å²) in [5, 5.41) is 0. The topological polar surface area (TPSA) is 72.6 Å². The maximum atomic E-state index is 12.3. The molecule has 0 aliphatic carbocycles. The Kier molecular flexibility index (Phi) is 5.09. The number of nitrogens with two attached hydrogens (primary N) is 1. The Bertz CT molecular complexity index is 581. The maximum Gasteiger partial charge on any atom is 0.179 e. The van der Waals surface area contributed by atoms with Crippen molar-refractivity contribution in [2.24, 2.45) is 5.73 Å². The Balaban J connectivity index is 2.05. The third-order valence-electron chi connectivity index (χ3n) is 3.26. The molecule has 0 bridgehead atoms. The molecule has 1 fully saturated rings. The fourth-order valence-electron chi connectivity index (χ4n) is 2.03. The highest BCUT2D eigenvalue weighted by Crippen LogP contribution is 2.14. The van der Waals surface area contributed by atoms with Crippen LogP contribution in [0.2, 0.25) is 0 Å². The molecular weight excluding hydrogens is 296 g/mol. The monoisotopic (exact) mass is 314 g/mol. The standard InChI is InChI=1S/C13H18N2O3S2/c14-13(19)11-2-1-3-12(10-11)20(16,17)9-6-15-4-7-18-8-5-15/h1-3,10H,4-9H2,(H2,14,19). The Labute approximate surface area is 124 Å². The Morgan fingerprint density at radius 3 is 2.70 bits per heavy atom. The van der Waals surface area contributed by atoms with Crippen LogP contribution in [0.1, 0.15) is 5.56 Å². The van der Waals surface area contributed by atoms with E-state index >= 15 is 0 Å². The van der Waals surface area contributed by atoms with Gasteiger partial charge in [0.2, 0.25) is 0 Å². The normalized spacial score (nSPS) is 17.0. The number of benzene rings is 1. The van der Waals surface area contributed by atoms with E-state index in [2.05, 4.69) is 4.90 Å². The number of morpholine rings is 1. The van der Waals surface area contributed by atoms with Crippen LogP contribution in [0.15, 0.2) is 29.2 Å². The molecule has 0 aromatic heterocycles. The Morgan fingerprint density at radius 1 is 1.35 bits per heavy atom. The van der Waals surface area contributed by atoms with E-state index in [1.165, 1.54) is 6.07 Å². The highest BCUT2D eigenvalue weighted by Gasteiger charge is 2.18. The fraction of sp³-hybridized carbons (Fsp3) is 0.462. The van der Waals surface area contributed by atoms with Crippen LogP contribution >= 0.6 is 12.2 Å². The summed E-state index contributed by atoms with van der Waals surface area (Å²) in [7, 11) is -3.31. The van der Waals surface area contributed by atoms with Gasteiger partial charge in [0.1, 0.15) is 4.99 Å². The summed E-state index contributed by atoms with van der Waals surface area (Å²) in [5.74, 6) is 0.0911. The molecule has 2 N–H and O–H groups in total. The summed E-state index contributed by atoms with van der Waals surface area (Å²) in [4.78, 5) is 2.57. The first-order valence-corrected chi connectivity index (χ1v) is 8.48. The molecule has 1 saturated heterocycles. The average molecular weight is 314 g/mol. The lowest BCUT2D eigenvalue weighted by Gasteiger charge is -2.26. The van der Waals surface area contributed by atoms with Gasteiger partial charge in [0, 0.05) is 25.2 Å². The molecule has 0 spiro atoms. The number of sulfone groups is 1. The fourth-order valence-corrected chi connectivity index (χ4v) is 3.49. The lowest BCUT2D eigenvalue weighted by atomic mass is 10.2. The zero-order valence-electron chi connectivity index (χ0n) is 11.1. The van der Waals surface area contributed by atoms with Crippen LogP contribution in [0.3, 0.4) is 0 Å². The first-order valence-electron chi connectivity index (χ1n) is 6.42. The molecule has 0 saturated carbocycles. The van der Waals surface area contributed by atoms with Gasteiger partial charge in [0.05, 0.1) is 23.9 Å². The first-order chi connectivity index (χ1) is 9.49. The summed E-state index contributed by atoms with van der Waals surface area (Å²) in [6.07, 6.45) is 0. The van der Waals surface area contributed by atoms with Crippen molar-refractivity contribution in [3.63, 3.8) is 0 Å². The molecule has 0 radical (unpaired) electrons. The van der Waals surface area contributed by atoms with Crippen LogP contribution in [-0.2, 0) is 14.6 Å². The number of rotatable bonds is 5. The van der Waals surface area contributed by atoms with Crippen molar-refractivity contribution in [2.75, 3.05) is 38.6 Å². The predicted octanol–water partition coefficient (Wildman–Crippen LogP) is 0.427. The molecule has 7 heteroatoms. The van der Waals surface area contributed by atoms with Gasteiger partial charge in [-0.1, -0.05) is 24.4 Å². The number of thiocarbonyl (C=S) groups is 1. The largest absolute Gasteiger partial charge is 0.389 e.